The summed E-state index contributed by atoms with van der Waals surface area (Å²) in [6, 6.07) is 0. The van der Waals surface area contributed by atoms with Crippen LogP contribution in [-0.2, 0) is 33.3 Å². The predicted molar refractivity (Wildman–Crippen MR) is 106 cm³/mol. The normalized spacial score (nSPS) is 26.1. The van der Waals surface area contributed by atoms with Crippen LogP contribution in [0.25, 0.3) is 0 Å². The van der Waals surface area contributed by atoms with Crippen LogP contribution in [0, 0.1) is 16.2 Å². The Morgan fingerprint density at radius 3 is 1.60 bits per heavy atom. The molecule has 5 atom stereocenters. The number of aliphatic hydroxyl groups excluding tert-OH is 2. The first kappa shape index (κ1) is 26.3. The van der Waals surface area contributed by atoms with E-state index in [2.05, 4.69) is 0 Å². The second-order valence-electron chi connectivity index (χ2n) is 10.6. The highest BCUT2D eigenvalue weighted by atomic mass is 16.7. The molecule has 1 aliphatic rings. The number of aliphatic hydroxyl groups is 2. The summed E-state index contributed by atoms with van der Waals surface area (Å²) in [5.41, 5.74) is -2.55. The second kappa shape index (κ2) is 9.20. The maximum absolute atomic E-state index is 12.5. The highest BCUT2D eigenvalue weighted by Gasteiger charge is 2.53. The maximum atomic E-state index is 12.5. The van der Waals surface area contributed by atoms with Gasteiger partial charge in [-0.05, 0) is 62.3 Å². The topological polar surface area (TPSA) is 129 Å². The van der Waals surface area contributed by atoms with E-state index in [9.17, 15) is 24.6 Å². The van der Waals surface area contributed by atoms with Gasteiger partial charge in [-0.2, -0.15) is 0 Å². The van der Waals surface area contributed by atoms with E-state index in [1.807, 2.05) is 0 Å². The number of carbonyl (C=O) groups is 3. The Hall–Kier alpha value is -1.71. The molecule has 0 aliphatic carbocycles. The molecule has 2 N–H and O–H groups in total. The highest BCUT2D eigenvalue weighted by Crippen LogP contribution is 2.32. The summed E-state index contributed by atoms with van der Waals surface area (Å²) >= 11 is 0. The SMILES string of the molecule is CC(C)(C)C(=O)OCC(O)C1OC(O)C(OC(=O)C(C)(C)C)C1OC(=O)C(C)(C)C. The van der Waals surface area contributed by atoms with Crippen LogP contribution >= 0.6 is 0 Å². The number of carbonyl (C=O) groups excluding carboxylic acids is 3. The third-order valence-electron chi connectivity index (χ3n) is 4.31. The zero-order valence-electron chi connectivity index (χ0n) is 19.3. The van der Waals surface area contributed by atoms with E-state index < -0.39 is 71.5 Å². The Kier molecular flexibility index (Phi) is 8.07. The van der Waals surface area contributed by atoms with E-state index in [1.165, 1.54) is 0 Å². The summed E-state index contributed by atoms with van der Waals surface area (Å²) in [7, 11) is 0. The molecule has 1 saturated heterocycles. The van der Waals surface area contributed by atoms with Crippen LogP contribution in [-0.4, -0.2) is 65.4 Å². The molecule has 30 heavy (non-hydrogen) atoms. The molecule has 1 fully saturated rings. The fourth-order valence-corrected chi connectivity index (χ4v) is 2.31. The van der Waals surface area contributed by atoms with Crippen molar-refractivity contribution in [1.82, 2.24) is 0 Å². The molecule has 174 valence electrons. The van der Waals surface area contributed by atoms with E-state index in [1.54, 1.807) is 62.3 Å². The van der Waals surface area contributed by atoms with Crippen molar-refractivity contribution in [1.29, 1.82) is 0 Å². The van der Waals surface area contributed by atoms with Crippen LogP contribution in [0.15, 0.2) is 0 Å². The summed E-state index contributed by atoms with van der Waals surface area (Å²) in [6.07, 6.45) is -6.96. The summed E-state index contributed by atoms with van der Waals surface area (Å²) < 4.78 is 21.3. The predicted octanol–water partition coefficient (Wildman–Crippen LogP) is 1.57. The lowest BCUT2D eigenvalue weighted by Crippen LogP contribution is -2.48. The molecule has 1 aliphatic heterocycles. The molecule has 0 spiro atoms. The molecule has 9 nitrogen and oxygen atoms in total. The zero-order chi connectivity index (χ0) is 23.7. The lowest BCUT2D eigenvalue weighted by molar-refractivity contribution is -0.186. The van der Waals surface area contributed by atoms with Crippen molar-refractivity contribution in [2.75, 3.05) is 6.61 Å². The number of hydrogen-bond donors (Lipinski definition) is 2. The van der Waals surface area contributed by atoms with Crippen molar-refractivity contribution in [2.45, 2.75) is 93.0 Å². The van der Waals surface area contributed by atoms with E-state index in [-0.39, 0.29) is 0 Å². The van der Waals surface area contributed by atoms with Crippen molar-refractivity contribution >= 4 is 17.9 Å². The van der Waals surface area contributed by atoms with Gasteiger partial charge in [-0.15, -0.1) is 0 Å². The number of ether oxygens (including phenoxy) is 4. The lowest BCUT2D eigenvalue weighted by Gasteiger charge is -2.30. The van der Waals surface area contributed by atoms with Gasteiger partial charge in [0.15, 0.2) is 18.5 Å². The monoisotopic (exact) mass is 432 g/mol. The molecular weight excluding hydrogens is 396 g/mol. The first-order valence-corrected chi connectivity index (χ1v) is 9.96. The molecule has 0 radical (unpaired) electrons. The second-order valence-corrected chi connectivity index (χ2v) is 10.6. The van der Waals surface area contributed by atoms with E-state index in [4.69, 9.17) is 18.9 Å². The zero-order valence-corrected chi connectivity index (χ0v) is 19.3. The smallest absolute Gasteiger partial charge is 0.311 e. The molecule has 1 rings (SSSR count). The van der Waals surface area contributed by atoms with E-state index >= 15 is 0 Å². The third-order valence-corrected chi connectivity index (χ3v) is 4.31. The van der Waals surface area contributed by atoms with Crippen molar-refractivity contribution in [2.24, 2.45) is 16.2 Å². The molecule has 0 bridgehead atoms. The quantitative estimate of drug-likeness (QED) is 0.491. The summed E-state index contributed by atoms with van der Waals surface area (Å²) in [5, 5.41) is 20.8. The van der Waals surface area contributed by atoms with Crippen molar-refractivity contribution in [3.8, 4) is 0 Å². The summed E-state index contributed by atoms with van der Waals surface area (Å²) in [6.45, 7) is 14.3. The lowest BCUT2D eigenvalue weighted by atomic mass is 9.96. The molecular formula is C21H36O9. The summed E-state index contributed by atoms with van der Waals surface area (Å²) in [5.74, 6) is -1.81. The van der Waals surface area contributed by atoms with Gasteiger partial charge in [0.1, 0.15) is 18.8 Å². The Labute approximate surface area is 178 Å². The molecule has 5 unspecified atom stereocenters. The van der Waals surface area contributed by atoms with Crippen LogP contribution in [0.4, 0.5) is 0 Å². The van der Waals surface area contributed by atoms with Gasteiger partial charge in [0.05, 0.1) is 16.2 Å². The average molecular weight is 433 g/mol. The number of rotatable bonds is 5. The minimum Gasteiger partial charge on any atom is -0.462 e. The van der Waals surface area contributed by atoms with Crippen molar-refractivity contribution in [3.05, 3.63) is 0 Å². The van der Waals surface area contributed by atoms with E-state index in [0.717, 1.165) is 0 Å². The molecule has 0 amide bonds. The average Bonchev–Trinajstić information content (AvgIpc) is 2.86. The van der Waals surface area contributed by atoms with Gasteiger partial charge >= 0.3 is 17.9 Å². The Morgan fingerprint density at radius 2 is 1.20 bits per heavy atom. The van der Waals surface area contributed by atoms with Gasteiger partial charge in [-0.25, -0.2) is 0 Å². The molecule has 9 heteroatoms. The van der Waals surface area contributed by atoms with Gasteiger partial charge < -0.3 is 29.2 Å². The van der Waals surface area contributed by atoms with Gasteiger partial charge in [0, 0.05) is 0 Å². The third kappa shape index (κ3) is 6.92. The highest BCUT2D eigenvalue weighted by molar-refractivity contribution is 5.77. The molecule has 1 heterocycles. The van der Waals surface area contributed by atoms with Crippen LogP contribution in [0.2, 0.25) is 0 Å². The maximum Gasteiger partial charge on any atom is 0.311 e. The van der Waals surface area contributed by atoms with Crippen LogP contribution in [0.1, 0.15) is 62.3 Å². The molecule has 0 aromatic rings. The first-order chi connectivity index (χ1) is 13.4. The number of hydrogen-bond acceptors (Lipinski definition) is 9. The Bertz CT molecular complexity index is 636. The largest absolute Gasteiger partial charge is 0.462 e. The van der Waals surface area contributed by atoms with Gasteiger partial charge in [-0.1, -0.05) is 0 Å². The van der Waals surface area contributed by atoms with Crippen LogP contribution in [0.5, 0.6) is 0 Å². The fourth-order valence-electron chi connectivity index (χ4n) is 2.31. The van der Waals surface area contributed by atoms with Gasteiger partial charge in [0.25, 0.3) is 0 Å². The molecule has 0 aromatic heterocycles. The minimum absolute atomic E-state index is 0.447. The Balaban J connectivity index is 3.06. The van der Waals surface area contributed by atoms with E-state index in [0.29, 0.717) is 0 Å². The standard InChI is InChI=1S/C21H36O9/c1-19(2,3)16(24)27-10-11(22)12-13(29-17(25)20(4,5)6)14(15(23)28-12)30-18(26)21(7,8)9/h11-15,22-23H,10H2,1-9H3. The van der Waals surface area contributed by atoms with Crippen LogP contribution < -0.4 is 0 Å². The van der Waals surface area contributed by atoms with Crippen molar-refractivity contribution in [3.63, 3.8) is 0 Å². The van der Waals surface area contributed by atoms with Crippen LogP contribution in [0.3, 0.4) is 0 Å². The Morgan fingerprint density at radius 1 is 0.800 bits per heavy atom. The number of esters is 3. The minimum atomic E-state index is -1.63. The van der Waals surface area contributed by atoms with Crippen molar-refractivity contribution < 1.29 is 43.5 Å². The molecule has 0 saturated carbocycles. The fraction of sp³-hybridized carbons (Fsp3) is 0.857. The first-order valence-electron chi connectivity index (χ1n) is 9.96. The molecule has 0 aromatic carbocycles. The van der Waals surface area contributed by atoms with Gasteiger partial charge in [-0.3, -0.25) is 14.4 Å². The summed E-state index contributed by atoms with van der Waals surface area (Å²) in [4.78, 5) is 36.8. The van der Waals surface area contributed by atoms with Gasteiger partial charge in [0.2, 0.25) is 0 Å².